The molecule has 0 bridgehead atoms. The van der Waals surface area contributed by atoms with Gasteiger partial charge in [0.15, 0.2) is 0 Å². The second-order valence-electron chi connectivity index (χ2n) is 5.48. The van der Waals surface area contributed by atoms with Crippen molar-refractivity contribution in [1.29, 1.82) is 0 Å². The Hall–Kier alpha value is -0.610. The topological polar surface area (TPSA) is 52.6 Å². The summed E-state index contributed by atoms with van der Waals surface area (Å²) in [6, 6.07) is -0.316. The van der Waals surface area contributed by atoms with Gasteiger partial charge in [0, 0.05) is 0 Å². The number of carbonyl (C=O) groups is 1. The molecule has 1 atom stereocenters. The van der Waals surface area contributed by atoms with Crippen molar-refractivity contribution >= 4 is 5.97 Å². The maximum absolute atomic E-state index is 10.9. The van der Waals surface area contributed by atoms with Gasteiger partial charge in [0.1, 0.15) is 6.04 Å². The van der Waals surface area contributed by atoms with Gasteiger partial charge in [-0.3, -0.25) is 9.69 Å². The van der Waals surface area contributed by atoms with Gasteiger partial charge in [-0.2, -0.15) is 0 Å². The van der Waals surface area contributed by atoms with Crippen molar-refractivity contribution in [2.24, 2.45) is 11.8 Å². The highest BCUT2D eigenvalue weighted by Gasteiger charge is 2.30. The van der Waals surface area contributed by atoms with E-state index in [0.717, 1.165) is 38.0 Å². The lowest BCUT2D eigenvalue weighted by molar-refractivity contribution is -0.143. The number of carboxylic acids is 1. The molecule has 98 valence electrons. The van der Waals surface area contributed by atoms with E-state index < -0.39 is 5.97 Å². The van der Waals surface area contributed by atoms with Crippen molar-refractivity contribution in [3.8, 4) is 0 Å². The normalized spacial score (nSPS) is 26.9. The molecule has 1 unspecified atom stereocenters. The number of aliphatic carboxylic acids is 1. The number of rotatable bonds is 3. The highest BCUT2D eigenvalue weighted by molar-refractivity contribution is 5.72. The molecule has 2 fully saturated rings. The maximum atomic E-state index is 10.9. The summed E-state index contributed by atoms with van der Waals surface area (Å²) in [5.41, 5.74) is 0. The van der Waals surface area contributed by atoms with E-state index in [9.17, 15) is 4.79 Å². The molecule has 2 aliphatic rings. The first-order valence-electron chi connectivity index (χ1n) is 6.86. The summed E-state index contributed by atoms with van der Waals surface area (Å²) in [6.07, 6.45) is 4.98. The molecule has 0 aliphatic carbocycles. The number of hydrogen-bond donors (Lipinski definition) is 2. The third kappa shape index (κ3) is 3.19. The van der Waals surface area contributed by atoms with Crippen LogP contribution in [0.25, 0.3) is 0 Å². The number of likely N-dealkylation sites (tertiary alicyclic amines) is 1. The Kier molecular flexibility index (Phi) is 4.40. The molecular weight excluding hydrogens is 216 g/mol. The SMILES string of the molecule is CC(C(=O)O)N1CCC(C2CCNCC2)CC1. The van der Waals surface area contributed by atoms with Crippen LogP contribution in [0.2, 0.25) is 0 Å². The fourth-order valence-corrected chi connectivity index (χ4v) is 3.25. The molecule has 0 aromatic carbocycles. The first-order chi connectivity index (χ1) is 8.18. The molecular formula is C13H24N2O2. The van der Waals surface area contributed by atoms with Crippen LogP contribution in [0.15, 0.2) is 0 Å². The van der Waals surface area contributed by atoms with Gasteiger partial charge < -0.3 is 10.4 Å². The predicted molar refractivity (Wildman–Crippen MR) is 67.0 cm³/mol. The number of piperidine rings is 2. The van der Waals surface area contributed by atoms with E-state index in [1.165, 1.54) is 25.7 Å². The van der Waals surface area contributed by atoms with E-state index in [0.29, 0.717) is 0 Å². The van der Waals surface area contributed by atoms with Crippen LogP contribution in [0.3, 0.4) is 0 Å². The molecule has 0 aromatic heterocycles. The molecule has 17 heavy (non-hydrogen) atoms. The predicted octanol–water partition coefficient (Wildman–Crippen LogP) is 1.17. The average molecular weight is 240 g/mol. The van der Waals surface area contributed by atoms with Gasteiger partial charge in [0.2, 0.25) is 0 Å². The third-order valence-electron chi connectivity index (χ3n) is 4.53. The lowest BCUT2D eigenvalue weighted by Gasteiger charge is -2.39. The van der Waals surface area contributed by atoms with Gasteiger partial charge in [-0.1, -0.05) is 0 Å². The molecule has 0 saturated carbocycles. The van der Waals surface area contributed by atoms with Crippen molar-refractivity contribution in [2.45, 2.75) is 38.6 Å². The van der Waals surface area contributed by atoms with E-state index in [-0.39, 0.29) is 6.04 Å². The summed E-state index contributed by atoms with van der Waals surface area (Å²) in [5, 5.41) is 12.4. The van der Waals surface area contributed by atoms with Gasteiger partial charge in [0.05, 0.1) is 0 Å². The van der Waals surface area contributed by atoms with Crippen LogP contribution in [0.4, 0.5) is 0 Å². The standard InChI is InChI=1S/C13H24N2O2/c1-10(13(16)17)15-8-4-12(5-9-15)11-2-6-14-7-3-11/h10-12,14H,2-9H2,1H3,(H,16,17). The summed E-state index contributed by atoms with van der Waals surface area (Å²) in [6.45, 7) is 6.05. The van der Waals surface area contributed by atoms with Crippen LogP contribution < -0.4 is 5.32 Å². The van der Waals surface area contributed by atoms with E-state index in [2.05, 4.69) is 10.2 Å². The van der Waals surface area contributed by atoms with Crippen molar-refractivity contribution < 1.29 is 9.90 Å². The van der Waals surface area contributed by atoms with Gasteiger partial charge in [-0.05, 0) is 70.6 Å². The minimum atomic E-state index is -0.690. The first kappa shape index (κ1) is 12.8. The molecule has 4 heteroatoms. The smallest absolute Gasteiger partial charge is 0.320 e. The van der Waals surface area contributed by atoms with Crippen LogP contribution >= 0.6 is 0 Å². The van der Waals surface area contributed by atoms with Crippen molar-refractivity contribution in [3.05, 3.63) is 0 Å². The summed E-state index contributed by atoms with van der Waals surface area (Å²) in [5.74, 6) is 1.01. The molecule has 2 heterocycles. The molecule has 2 saturated heterocycles. The van der Waals surface area contributed by atoms with E-state index >= 15 is 0 Å². The molecule has 2 aliphatic heterocycles. The monoisotopic (exact) mass is 240 g/mol. The minimum Gasteiger partial charge on any atom is -0.480 e. The second kappa shape index (κ2) is 5.83. The van der Waals surface area contributed by atoms with Crippen molar-refractivity contribution in [1.82, 2.24) is 10.2 Å². The fraction of sp³-hybridized carbons (Fsp3) is 0.923. The number of nitrogens with one attached hydrogen (secondary N) is 1. The van der Waals surface area contributed by atoms with Gasteiger partial charge in [0.25, 0.3) is 0 Å². The quantitative estimate of drug-likeness (QED) is 0.777. The molecule has 0 amide bonds. The van der Waals surface area contributed by atoms with E-state index in [4.69, 9.17) is 5.11 Å². The molecule has 2 N–H and O–H groups in total. The van der Waals surface area contributed by atoms with Crippen LogP contribution in [0, 0.1) is 11.8 Å². The molecule has 0 aromatic rings. The molecule has 2 rings (SSSR count). The zero-order chi connectivity index (χ0) is 12.3. The highest BCUT2D eigenvalue weighted by Crippen LogP contribution is 2.31. The van der Waals surface area contributed by atoms with Crippen molar-refractivity contribution in [2.75, 3.05) is 26.2 Å². The Labute approximate surface area is 103 Å². The molecule has 0 radical (unpaired) electrons. The summed E-state index contributed by atoms with van der Waals surface area (Å²) in [7, 11) is 0. The summed E-state index contributed by atoms with van der Waals surface area (Å²) in [4.78, 5) is 13.0. The third-order valence-corrected chi connectivity index (χ3v) is 4.53. The number of hydrogen-bond acceptors (Lipinski definition) is 3. The Bertz CT molecular complexity index is 256. The molecule has 4 nitrogen and oxygen atoms in total. The van der Waals surface area contributed by atoms with Crippen LogP contribution in [-0.4, -0.2) is 48.2 Å². The Morgan fingerprint density at radius 2 is 1.71 bits per heavy atom. The lowest BCUT2D eigenvalue weighted by Crippen LogP contribution is -2.45. The summed E-state index contributed by atoms with van der Waals surface area (Å²) < 4.78 is 0. The van der Waals surface area contributed by atoms with Gasteiger partial charge in [-0.15, -0.1) is 0 Å². The maximum Gasteiger partial charge on any atom is 0.320 e. The summed E-state index contributed by atoms with van der Waals surface area (Å²) >= 11 is 0. The lowest BCUT2D eigenvalue weighted by atomic mass is 9.79. The Morgan fingerprint density at radius 3 is 2.24 bits per heavy atom. The second-order valence-corrected chi connectivity index (χ2v) is 5.48. The Balaban J connectivity index is 1.79. The van der Waals surface area contributed by atoms with Crippen LogP contribution in [0.5, 0.6) is 0 Å². The van der Waals surface area contributed by atoms with Gasteiger partial charge >= 0.3 is 5.97 Å². The zero-order valence-corrected chi connectivity index (χ0v) is 10.7. The van der Waals surface area contributed by atoms with Crippen molar-refractivity contribution in [3.63, 3.8) is 0 Å². The number of carboxylic acid groups (broad SMARTS) is 1. The minimum absolute atomic E-state index is 0.316. The van der Waals surface area contributed by atoms with Crippen LogP contribution in [0.1, 0.15) is 32.6 Å². The Morgan fingerprint density at radius 1 is 1.18 bits per heavy atom. The first-order valence-corrected chi connectivity index (χ1v) is 6.86. The largest absolute Gasteiger partial charge is 0.480 e. The van der Waals surface area contributed by atoms with E-state index in [1.807, 2.05) is 0 Å². The zero-order valence-electron chi connectivity index (χ0n) is 10.7. The van der Waals surface area contributed by atoms with Gasteiger partial charge in [-0.25, -0.2) is 0 Å². The number of nitrogens with zero attached hydrogens (tertiary/aromatic N) is 1. The van der Waals surface area contributed by atoms with Crippen LogP contribution in [-0.2, 0) is 4.79 Å². The average Bonchev–Trinajstić information content (AvgIpc) is 2.39. The van der Waals surface area contributed by atoms with E-state index in [1.54, 1.807) is 6.92 Å². The molecule has 0 spiro atoms. The fourth-order valence-electron chi connectivity index (χ4n) is 3.25. The highest BCUT2D eigenvalue weighted by atomic mass is 16.4.